The fourth-order valence-corrected chi connectivity index (χ4v) is 4.71. The number of hydrogen-bond acceptors (Lipinski definition) is 5. The van der Waals surface area contributed by atoms with E-state index in [9.17, 15) is 8.42 Å². The molecule has 136 valence electrons. The van der Waals surface area contributed by atoms with Crippen molar-refractivity contribution in [3.05, 3.63) is 35.5 Å². The zero-order valence-corrected chi connectivity index (χ0v) is 15.8. The highest BCUT2D eigenvalue weighted by Gasteiger charge is 2.26. The van der Waals surface area contributed by atoms with Crippen molar-refractivity contribution in [2.24, 2.45) is 0 Å². The summed E-state index contributed by atoms with van der Waals surface area (Å²) in [7, 11) is -3.57. The zero-order valence-electron chi connectivity index (χ0n) is 14.9. The first kappa shape index (κ1) is 18.1. The summed E-state index contributed by atoms with van der Waals surface area (Å²) >= 11 is 0. The van der Waals surface area contributed by atoms with Crippen molar-refractivity contribution in [3.8, 4) is 11.3 Å². The van der Waals surface area contributed by atoms with Gasteiger partial charge >= 0.3 is 0 Å². The highest BCUT2D eigenvalue weighted by Crippen LogP contribution is 2.26. The van der Waals surface area contributed by atoms with Crippen LogP contribution < -0.4 is 4.72 Å². The smallest absolute Gasteiger partial charge is 0.240 e. The first-order valence-electron chi connectivity index (χ1n) is 8.69. The second-order valence-corrected chi connectivity index (χ2v) is 8.32. The van der Waals surface area contributed by atoms with Crippen LogP contribution in [0.25, 0.3) is 11.3 Å². The van der Waals surface area contributed by atoms with Gasteiger partial charge in [-0.3, -0.25) is 4.90 Å². The number of nitrogens with one attached hydrogen (secondary N) is 1. The molecule has 1 aliphatic rings. The summed E-state index contributed by atoms with van der Waals surface area (Å²) in [5.41, 5.74) is 2.19. The Bertz CT molecular complexity index is 845. The maximum Gasteiger partial charge on any atom is 0.240 e. The molecule has 1 N–H and O–H groups in total. The van der Waals surface area contributed by atoms with Crippen LogP contribution in [0, 0.1) is 13.8 Å². The van der Waals surface area contributed by atoms with Crippen LogP contribution in [0.3, 0.4) is 0 Å². The second kappa shape index (κ2) is 7.27. The molecule has 1 aromatic carbocycles. The quantitative estimate of drug-likeness (QED) is 0.854. The summed E-state index contributed by atoms with van der Waals surface area (Å²) in [6, 6.07) is 7.38. The van der Waals surface area contributed by atoms with E-state index in [1.54, 1.807) is 25.1 Å². The molecular weight excluding hydrogens is 338 g/mol. The van der Waals surface area contributed by atoms with Crippen LogP contribution in [-0.2, 0) is 10.0 Å². The first-order chi connectivity index (χ1) is 11.9. The summed E-state index contributed by atoms with van der Waals surface area (Å²) in [6.45, 7) is 8.19. The van der Waals surface area contributed by atoms with Crippen molar-refractivity contribution in [2.75, 3.05) is 19.6 Å². The average molecular weight is 363 g/mol. The van der Waals surface area contributed by atoms with Crippen molar-refractivity contribution in [3.63, 3.8) is 0 Å². The number of likely N-dealkylation sites (N-methyl/N-ethyl adjacent to an activating group) is 1. The van der Waals surface area contributed by atoms with Gasteiger partial charge in [0.15, 0.2) is 5.76 Å². The van der Waals surface area contributed by atoms with Crippen LogP contribution in [-0.4, -0.2) is 44.2 Å². The first-order valence-corrected chi connectivity index (χ1v) is 10.2. The molecule has 0 radical (unpaired) electrons. The third kappa shape index (κ3) is 3.94. The Morgan fingerprint density at radius 1 is 1.32 bits per heavy atom. The SMILES string of the molecule is CCN1CCCC1CNS(=O)(=O)c1cc(-c2cc(C)no2)ccc1C. The Labute approximate surface area is 149 Å². The number of benzene rings is 1. The van der Waals surface area contributed by atoms with Gasteiger partial charge in [0.05, 0.1) is 10.6 Å². The number of nitrogens with zero attached hydrogens (tertiary/aromatic N) is 2. The van der Waals surface area contributed by atoms with Gasteiger partial charge in [-0.1, -0.05) is 24.2 Å². The highest BCUT2D eigenvalue weighted by molar-refractivity contribution is 7.89. The molecule has 0 bridgehead atoms. The average Bonchev–Trinajstić information content (AvgIpc) is 3.21. The summed E-state index contributed by atoms with van der Waals surface area (Å²) < 4.78 is 33.7. The lowest BCUT2D eigenvalue weighted by molar-refractivity contribution is 0.268. The van der Waals surface area contributed by atoms with Crippen molar-refractivity contribution in [2.45, 2.75) is 44.6 Å². The summed E-state index contributed by atoms with van der Waals surface area (Å²) in [5.74, 6) is 0.571. The van der Waals surface area contributed by atoms with Gasteiger partial charge in [0.25, 0.3) is 0 Å². The lowest BCUT2D eigenvalue weighted by Gasteiger charge is -2.23. The Kier molecular flexibility index (Phi) is 5.27. The molecule has 1 aliphatic heterocycles. The summed E-state index contributed by atoms with van der Waals surface area (Å²) in [5, 5.41) is 3.87. The summed E-state index contributed by atoms with van der Waals surface area (Å²) in [6.07, 6.45) is 2.16. The van der Waals surface area contributed by atoms with Crippen molar-refractivity contribution < 1.29 is 12.9 Å². The molecule has 6 nitrogen and oxygen atoms in total. The fraction of sp³-hybridized carbons (Fsp3) is 0.500. The molecule has 1 atom stereocenters. The third-order valence-electron chi connectivity index (χ3n) is 4.80. The van der Waals surface area contributed by atoms with Gasteiger partial charge in [0.2, 0.25) is 10.0 Å². The minimum atomic E-state index is -3.57. The maximum atomic E-state index is 12.8. The maximum absolute atomic E-state index is 12.8. The van der Waals surface area contributed by atoms with Crippen LogP contribution in [0.1, 0.15) is 31.0 Å². The van der Waals surface area contributed by atoms with Crippen molar-refractivity contribution >= 4 is 10.0 Å². The largest absolute Gasteiger partial charge is 0.356 e. The van der Waals surface area contributed by atoms with E-state index in [-0.39, 0.29) is 6.04 Å². The van der Waals surface area contributed by atoms with E-state index in [1.807, 2.05) is 13.0 Å². The van der Waals surface area contributed by atoms with Gasteiger partial charge in [-0.05, 0) is 51.4 Å². The molecular formula is C18H25N3O3S. The lowest BCUT2D eigenvalue weighted by atomic mass is 10.1. The molecule has 1 saturated heterocycles. The number of hydrogen-bond donors (Lipinski definition) is 1. The van der Waals surface area contributed by atoms with E-state index >= 15 is 0 Å². The van der Waals surface area contributed by atoms with E-state index in [0.717, 1.165) is 31.6 Å². The van der Waals surface area contributed by atoms with Crippen LogP contribution in [0.2, 0.25) is 0 Å². The van der Waals surface area contributed by atoms with E-state index < -0.39 is 10.0 Å². The fourth-order valence-electron chi connectivity index (χ4n) is 3.37. The molecule has 2 aromatic rings. The monoisotopic (exact) mass is 363 g/mol. The molecule has 1 aromatic heterocycles. The van der Waals surface area contributed by atoms with Crippen LogP contribution in [0.5, 0.6) is 0 Å². The molecule has 7 heteroatoms. The van der Waals surface area contributed by atoms with E-state index in [4.69, 9.17) is 4.52 Å². The standard InChI is InChI=1S/C18H25N3O3S/c1-4-21-9-5-6-16(21)12-19-25(22,23)18-11-15(8-7-13(18)2)17-10-14(3)20-24-17/h7-8,10-11,16,19H,4-6,9,12H2,1-3H3. The third-order valence-corrected chi connectivity index (χ3v) is 6.37. The van der Waals surface area contributed by atoms with Crippen molar-refractivity contribution in [1.29, 1.82) is 0 Å². The molecule has 0 amide bonds. The minimum absolute atomic E-state index is 0.278. The van der Waals surface area contributed by atoms with E-state index in [0.29, 0.717) is 28.3 Å². The topological polar surface area (TPSA) is 75.4 Å². The number of rotatable bonds is 6. The predicted molar refractivity (Wildman–Crippen MR) is 96.9 cm³/mol. The molecule has 0 saturated carbocycles. The molecule has 1 unspecified atom stereocenters. The molecule has 1 fully saturated rings. The van der Waals surface area contributed by atoms with Gasteiger partial charge in [0, 0.05) is 24.2 Å². The highest BCUT2D eigenvalue weighted by atomic mass is 32.2. The Hall–Kier alpha value is -1.70. The molecule has 2 heterocycles. The molecule has 0 aliphatic carbocycles. The number of likely N-dealkylation sites (tertiary alicyclic amines) is 1. The summed E-state index contributed by atoms with van der Waals surface area (Å²) in [4.78, 5) is 2.61. The number of sulfonamides is 1. The van der Waals surface area contributed by atoms with Gasteiger partial charge in [-0.2, -0.15) is 0 Å². The minimum Gasteiger partial charge on any atom is -0.356 e. The zero-order chi connectivity index (χ0) is 18.0. The van der Waals surface area contributed by atoms with Crippen LogP contribution >= 0.6 is 0 Å². The molecule has 25 heavy (non-hydrogen) atoms. The molecule has 0 spiro atoms. The number of aryl methyl sites for hydroxylation is 2. The van der Waals surface area contributed by atoms with Crippen LogP contribution in [0.4, 0.5) is 0 Å². The van der Waals surface area contributed by atoms with Crippen molar-refractivity contribution in [1.82, 2.24) is 14.8 Å². The lowest BCUT2D eigenvalue weighted by Crippen LogP contribution is -2.40. The van der Waals surface area contributed by atoms with Gasteiger partial charge in [0.1, 0.15) is 0 Å². The van der Waals surface area contributed by atoms with Crippen LogP contribution in [0.15, 0.2) is 33.7 Å². The number of aromatic nitrogens is 1. The Morgan fingerprint density at radius 2 is 2.12 bits per heavy atom. The van der Waals surface area contributed by atoms with E-state index in [2.05, 4.69) is 21.7 Å². The predicted octanol–water partition coefficient (Wildman–Crippen LogP) is 2.72. The van der Waals surface area contributed by atoms with Gasteiger partial charge in [-0.25, -0.2) is 13.1 Å². The Morgan fingerprint density at radius 3 is 2.80 bits per heavy atom. The normalized spacial score (nSPS) is 18.8. The van der Waals surface area contributed by atoms with E-state index in [1.165, 1.54) is 0 Å². The van der Waals surface area contributed by atoms with Gasteiger partial charge < -0.3 is 4.52 Å². The second-order valence-electron chi connectivity index (χ2n) is 6.59. The Balaban J connectivity index is 1.81. The van der Waals surface area contributed by atoms with Gasteiger partial charge in [-0.15, -0.1) is 0 Å². The molecule has 3 rings (SSSR count).